The predicted molar refractivity (Wildman–Crippen MR) is 139 cm³/mol. The van der Waals surface area contributed by atoms with Gasteiger partial charge in [-0.3, -0.25) is 29.2 Å². The van der Waals surface area contributed by atoms with Crippen molar-refractivity contribution in [2.75, 3.05) is 6.54 Å². The highest BCUT2D eigenvalue weighted by Crippen LogP contribution is 2.24. The Bertz CT molecular complexity index is 1260. The summed E-state index contributed by atoms with van der Waals surface area (Å²) in [6, 6.07) is 4.62. The minimum atomic E-state index is -1.25. The summed E-state index contributed by atoms with van der Waals surface area (Å²) in [5.74, 6) is -2.10. The minimum Gasteiger partial charge on any atom is -0.457 e. The Balaban J connectivity index is 1.64. The van der Waals surface area contributed by atoms with Gasteiger partial charge < -0.3 is 20.5 Å². The lowest BCUT2D eigenvalue weighted by atomic mass is 10.0. The first-order chi connectivity index (χ1) is 18.1. The molecule has 3 heterocycles. The molecule has 3 amide bonds. The van der Waals surface area contributed by atoms with Crippen molar-refractivity contribution < 1.29 is 29.0 Å². The van der Waals surface area contributed by atoms with Crippen molar-refractivity contribution in [1.82, 2.24) is 26.1 Å². The molecular weight excluding hydrogens is 490 g/mol. The number of hydrogen-bond donors (Lipinski definition) is 4. The normalized spacial score (nSPS) is 27.3. The number of aromatic nitrogens is 1. The van der Waals surface area contributed by atoms with Crippen LogP contribution >= 0.6 is 0 Å². The maximum Gasteiger partial charge on any atom is 0.325 e. The van der Waals surface area contributed by atoms with E-state index in [0.29, 0.717) is 25.1 Å². The monoisotopic (exact) mass is 523 g/mol. The Morgan fingerprint density at radius 1 is 1.11 bits per heavy atom. The lowest BCUT2D eigenvalue weighted by Gasteiger charge is -2.35. The van der Waals surface area contributed by atoms with E-state index in [9.17, 15) is 24.3 Å². The Morgan fingerprint density at radius 3 is 2.66 bits per heavy atom. The maximum atomic E-state index is 13.0. The maximum absolute atomic E-state index is 13.0. The second-order valence-corrected chi connectivity index (χ2v) is 9.73. The molecule has 5 atom stereocenters. The number of esters is 1. The van der Waals surface area contributed by atoms with Gasteiger partial charge >= 0.3 is 5.97 Å². The van der Waals surface area contributed by atoms with E-state index < -0.39 is 54.0 Å². The third-order valence-electron chi connectivity index (χ3n) is 6.67. The molecule has 1 aromatic heterocycles. The molecule has 4 N–H and O–H groups in total. The van der Waals surface area contributed by atoms with Crippen molar-refractivity contribution in [3.8, 4) is 0 Å². The first-order valence-electron chi connectivity index (χ1n) is 12.7. The zero-order chi connectivity index (χ0) is 27.4. The van der Waals surface area contributed by atoms with Crippen LogP contribution in [0.25, 0.3) is 16.8 Å². The van der Waals surface area contributed by atoms with Crippen LogP contribution in [0.5, 0.6) is 0 Å². The van der Waals surface area contributed by atoms with Crippen LogP contribution in [-0.4, -0.2) is 69.6 Å². The quantitative estimate of drug-likeness (QED) is 0.406. The van der Waals surface area contributed by atoms with Gasteiger partial charge in [0.1, 0.15) is 24.2 Å². The summed E-state index contributed by atoms with van der Waals surface area (Å²) < 4.78 is 5.74. The van der Waals surface area contributed by atoms with Gasteiger partial charge in [0.05, 0.1) is 11.8 Å². The summed E-state index contributed by atoms with van der Waals surface area (Å²) in [7, 11) is 0. The fourth-order valence-electron chi connectivity index (χ4n) is 4.48. The van der Waals surface area contributed by atoms with Gasteiger partial charge in [-0.15, -0.1) is 0 Å². The number of cyclic esters (lactones) is 1. The molecule has 38 heavy (non-hydrogen) atoms. The molecule has 0 radical (unpaired) electrons. The Labute approximate surface area is 220 Å². The van der Waals surface area contributed by atoms with Crippen molar-refractivity contribution in [3.63, 3.8) is 0 Å². The van der Waals surface area contributed by atoms with Crippen LogP contribution in [0.2, 0.25) is 0 Å². The molecule has 1 unspecified atom stereocenters. The first-order valence-corrected chi connectivity index (χ1v) is 12.7. The first kappa shape index (κ1) is 27.2. The zero-order valence-electron chi connectivity index (χ0n) is 21.6. The standard InChI is InChI=1S/C27H33N5O6/c1-15-26(36)32-11-5-7-22(31-32)27(37)38-17(3)18-9-10-19-14-28-21(13-20(19)12-18)6-4-8-23(34)30-24(16(2)33)25(35)29-15/h4,6,9-10,12-17,22,24,31,33H,5,7-8,11H2,1-3H3,(H,29,35)(H,30,34)/b6-4+/t15-,16?,17+,22-,24-/m0/s1. The number of carbonyl (C=O) groups excluding carboxylic acids is 4. The van der Waals surface area contributed by atoms with Crippen LogP contribution < -0.4 is 16.1 Å². The molecule has 11 heteroatoms. The lowest BCUT2D eigenvalue weighted by molar-refractivity contribution is -0.157. The lowest BCUT2D eigenvalue weighted by Crippen LogP contribution is -2.61. The van der Waals surface area contributed by atoms with Crippen molar-refractivity contribution in [1.29, 1.82) is 0 Å². The summed E-state index contributed by atoms with van der Waals surface area (Å²) in [4.78, 5) is 55.7. The third-order valence-corrected chi connectivity index (χ3v) is 6.67. The van der Waals surface area contributed by atoms with E-state index in [0.717, 1.165) is 16.3 Å². The van der Waals surface area contributed by atoms with E-state index in [4.69, 9.17) is 4.74 Å². The summed E-state index contributed by atoms with van der Waals surface area (Å²) in [5, 5.41) is 18.3. The number of benzene rings is 1. The third kappa shape index (κ3) is 6.35. The Kier molecular flexibility index (Phi) is 8.38. The van der Waals surface area contributed by atoms with E-state index in [2.05, 4.69) is 21.0 Å². The molecule has 0 spiro atoms. The molecule has 2 aromatic rings. The smallest absolute Gasteiger partial charge is 0.325 e. The fraction of sp³-hybridized carbons (Fsp3) is 0.444. The number of ether oxygens (including phenoxy) is 1. The summed E-state index contributed by atoms with van der Waals surface area (Å²) in [6.45, 7) is 5.02. The van der Waals surface area contributed by atoms with Crippen LogP contribution in [0.4, 0.5) is 0 Å². The molecule has 11 nitrogen and oxygen atoms in total. The van der Waals surface area contributed by atoms with E-state index in [1.807, 2.05) is 24.3 Å². The summed E-state index contributed by atoms with van der Waals surface area (Å²) in [5.41, 5.74) is 4.36. The number of pyridine rings is 1. The highest BCUT2D eigenvalue weighted by Gasteiger charge is 2.34. The van der Waals surface area contributed by atoms with Gasteiger partial charge in [0.15, 0.2) is 0 Å². The number of aliphatic hydroxyl groups excluding tert-OH is 1. The van der Waals surface area contributed by atoms with E-state index in [1.165, 1.54) is 18.9 Å². The molecule has 1 aromatic carbocycles. The molecule has 2 aliphatic rings. The average Bonchev–Trinajstić information content (AvgIpc) is 2.90. The molecule has 1 fully saturated rings. The SMILES string of the molecule is CC(O)[C@@H]1NC(=O)C/C=C/c2cc3cc(ccc3cn2)[C@@H](C)OC(=O)[C@@H]2CCCN(N2)C(=O)[C@H](C)NC1=O. The van der Waals surface area contributed by atoms with Crippen molar-refractivity contribution in [2.24, 2.45) is 0 Å². The molecule has 0 saturated carbocycles. The number of aliphatic hydroxyl groups is 1. The number of nitrogens with one attached hydrogen (secondary N) is 3. The molecule has 0 aliphatic carbocycles. The Morgan fingerprint density at radius 2 is 1.89 bits per heavy atom. The van der Waals surface area contributed by atoms with Crippen LogP contribution in [0.3, 0.4) is 0 Å². The summed E-state index contributed by atoms with van der Waals surface area (Å²) >= 11 is 0. The molecule has 4 rings (SSSR count). The zero-order valence-corrected chi connectivity index (χ0v) is 21.6. The van der Waals surface area contributed by atoms with E-state index >= 15 is 0 Å². The largest absolute Gasteiger partial charge is 0.457 e. The van der Waals surface area contributed by atoms with Crippen molar-refractivity contribution >= 4 is 40.5 Å². The second-order valence-electron chi connectivity index (χ2n) is 9.73. The fourth-order valence-corrected chi connectivity index (χ4v) is 4.48. The number of hydrazine groups is 1. The van der Waals surface area contributed by atoms with Gasteiger partial charge in [-0.25, -0.2) is 5.43 Å². The van der Waals surface area contributed by atoms with Gasteiger partial charge in [-0.1, -0.05) is 18.2 Å². The topological polar surface area (TPSA) is 150 Å². The predicted octanol–water partition coefficient (Wildman–Crippen LogP) is 1.12. The van der Waals surface area contributed by atoms with Gasteiger partial charge in [0, 0.05) is 24.5 Å². The highest BCUT2D eigenvalue weighted by atomic mass is 16.5. The van der Waals surface area contributed by atoms with Crippen LogP contribution in [-0.2, 0) is 23.9 Å². The van der Waals surface area contributed by atoms with Crippen LogP contribution in [0.15, 0.2) is 36.5 Å². The van der Waals surface area contributed by atoms with Crippen molar-refractivity contribution in [3.05, 3.63) is 47.8 Å². The van der Waals surface area contributed by atoms with Gasteiger partial charge in [0.25, 0.3) is 5.91 Å². The number of rotatable bonds is 1. The number of carbonyl (C=O) groups is 4. The van der Waals surface area contributed by atoms with Crippen molar-refractivity contribution in [2.45, 2.75) is 70.4 Å². The minimum absolute atomic E-state index is 0.0448. The molecule has 5 bridgehead atoms. The second kappa shape index (κ2) is 11.7. The molecule has 2 aliphatic heterocycles. The number of nitrogens with zero attached hydrogens (tertiary/aromatic N) is 2. The molecular formula is C27H33N5O6. The number of hydrogen-bond acceptors (Lipinski definition) is 8. The molecule has 202 valence electrons. The van der Waals surface area contributed by atoms with Gasteiger partial charge in [0.2, 0.25) is 11.8 Å². The van der Waals surface area contributed by atoms with Crippen LogP contribution in [0, 0.1) is 0 Å². The van der Waals surface area contributed by atoms with E-state index in [-0.39, 0.29) is 6.42 Å². The van der Waals surface area contributed by atoms with Gasteiger partial charge in [-0.2, -0.15) is 0 Å². The van der Waals surface area contributed by atoms with E-state index in [1.54, 1.807) is 25.3 Å². The number of amides is 3. The Hall–Kier alpha value is -3.83. The molecule has 1 saturated heterocycles. The highest BCUT2D eigenvalue weighted by molar-refractivity contribution is 5.93. The average molecular weight is 524 g/mol. The number of fused-ring (bicyclic) bond motifs is 4. The van der Waals surface area contributed by atoms with Gasteiger partial charge in [-0.05, 0) is 62.8 Å². The van der Waals surface area contributed by atoms with Crippen LogP contribution in [0.1, 0.15) is 57.4 Å². The summed E-state index contributed by atoms with van der Waals surface area (Å²) in [6.07, 6.45) is 4.31.